The van der Waals surface area contributed by atoms with Gasteiger partial charge in [-0.1, -0.05) is 0 Å². The molecule has 78 valence electrons. The quantitative estimate of drug-likeness (QED) is 0.619. The van der Waals surface area contributed by atoms with Crippen LogP contribution in [0.4, 0.5) is 0 Å². The smallest absolute Gasteiger partial charge is 0.333 e. The second kappa shape index (κ2) is 2.60. The molecule has 1 unspecified atom stereocenters. The number of aliphatic hydroxyl groups is 1. The molecule has 0 saturated carbocycles. The standard InChI is InChI=1S/C9H9N3O3/c1-11-3-2-6-10-8-5(4-7(13)15-8)12(6)9(11)14/h2-3,7,13H,4H2,1H3. The third-order valence-electron chi connectivity index (χ3n) is 2.52. The Morgan fingerprint density at radius 1 is 1.67 bits per heavy atom. The number of aromatic nitrogens is 3. The molecule has 0 fully saturated rings. The van der Waals surface area contributed by atoms with Gasteiger partial charge in [-0.05, 0) is 6.07 Å². The minimum absolute atomic E-state index is 0.182. The first-order chi connectivity index (χ1) is 7.16. The van der Waals surface area contributed by atoms with E-state index < -0.39 is 6.29 Å². The summed E-state index contributed by atoms with van der Waals surface area (Å²) in [6.45, 7) is 0. The van der Waals surface area contributed by atoms with Crippen LogP contribution in [0.15, 0.2) is 17.1 Å². The van der Waals surface area contributed by atoms with Crippen LogP contribution in [0.25, 0.3) is 5.65 Å². The van der Waals surface area contributed by atoms with Crippen molar-refractivity contribution >= 4 is 5.65 Å². The van der Waals surface area contributed by atoms with Gasteiger partial charge in [0.25, 0.3) is 0 Å². The number of rotatable bonds is 0. The van der Waals surface area contributed by atoms with Gasteiger partial charge in [-0.3, -0.25) is 0 Å². The van der Waals surface area contributed by atoms with E-state index in [2.05, 4.69) is 4.98 Å². The molecule has 1 atom stereocenters. The maximum absolute atomic E-state index is 11.8. The molecule has 0 spiro atoms. The van der Waals surface area contributed by atoms with Gasteiger partial charge in [-0.2, -0.15) is 4.98 Å². The number of imidazole rings is 1. The van der Waals surface area contributed by atoms with Crippen LogP contribution in [0.1, 0.15) is 5.69 Å². The van der Waals surface area contributed by atoms with Gasteiger partial charge in [0.15, 0.2) is 0 Å². The van der Waals surface area contributed by atoms with Crippen molar-refractivity contribution < 1.29 is 9.84 Å². The highest BCUT2D eigenvalue weighted by Gasteiger charge is 2.27. The summed E-state index contributed by atoms with van der Waals surface area (Å²) in [5, 5.41) is 9.27. The maximum atomic E-state index is 11.8. The summed E-state index contributed by atoms with van der Waals surface area (Å²) in [4.78, 5) is 15.9. The minimum atomic E-state index is -0.885. The fourth-order valence-electron chi connectivity index (χ4n) is 1.79. The summed E-state index contributed by atoms with van der Waals surface area (Å²) >= 11 is 0. The molecule has 3 heterocycles. The molecule has 3 rings (SSSR count). The Morgan fingerprint density at radius 2 is 2.47 bits per heavy atom. The van der Waals surface area contributed by atoms with Gasteiger partial charge in [-0.15, -0.1) is 0 Å². The predicted molar refractivity (Wildman–Crippen MR) is 50.8 cm³/mol. The van der Waals surface area contributed by atoms with Gasteiger partial charge in [0, 0.05) is 13.2 Å². The molecule has 0 saturated heterocycles. The lowest BCUT2D eigenvalue weighted by molar-refractivity contribution is -0.000766. The Labute approximate surface area is 84.4 Å². The lowest BCUT2D eigenvalue weighted by Crippen LogP contribution is -2.25. The van der Waals surface area contributed by atoms with E-state index >= 15 is 0 Å². The molecular formula is C9H9N3O3. The first-order valence-electron chi connectivity index (χ1n) is 4.58. The van der Waals surface area contributed by atoms with Crippen LogP contribution < -0.4 is 10.4 Å². The third kappa shape index (κ3) is 1.02. The van der Waals surface area contributed by atoms with Crippen molar-refractivity contribution in [2.45, 2.75) is 12.7 Å². The lowest BCUT2D eigenvalue weighted by Gasteiger charge is -2.01. The molecule has 2 aromatic rings. The summed E-state index contributed by atoms with van der Waals surface area (Å²) in [6.07, 6.45) is 1.07. The molecule has 0 aromatic carbocycles. The molecule has 1 N–H and O–H groups in total. The molecule has 1 aliphatic heterocycles. The zero-order valence-corrected chi connectivity index (χ0v) is 8.04. The maximum Gasteiger partial charge on any atom is 0.333 e. The SMILES string of the molecule is Cn1ccc2nc3c(n2c1=O)CC(O)O3. The van der Waals surface area contributed by atoms with E-state index in [4.69, 9.17) is 4.74 Å². The van der Waals surface area contributed by atoms with Crippen molar-refractivity contribution in [1.29, 1.82) is 0 Å². The monoisotopic (exact) mass is 207 g/mol. The average Bonchev–Trinajstić information content (AvgIpc) is 2.67. The Morgan fingerprint density at radius 3 is 3.27 bits per heavy atom. The van der Waals surface area contributed by atoms with Gasteiger partial charge in [0.05, 0.1) is 12.1 Å². The lowest BCUT2D eigenvalue weighted by atomic mass is 10.3. The van der Waals surface area contributed by atoms with Gasteiger partial charge in [0.2, 0.25) is 12.2 Å². The fourth-order valence-corrected chi connectivity index (χ4v) is 1.79. The first kappa shape index (κ1) is 8.49. The van der Waals surface area contributed by atoms with Crippen molar-refractivity contribution in [3.05, 3.63) is 28.4 Å². The largest absolute Gasteiger partial charge is 0.446 e. The summed E-state index contributed by atoms with van der Waals surface area (Å²) < 4.78 is 7.98. The number of hydrogen-bond acceptors (Lipinski definition) is 4. The highest BCUT2D eigenvalue weighted by Crippen LogP contribution is 2.26. The van der Waals surface area contributed by atoms with Crippen LogP contribution in [0.2, 0.25) is 0 Å². The number of aryl methyl sites for hydroxylation is 1. The normalized spacial score (nSPS) is 19.2. The predicted octanol–water partition coefficient (Wildman–Crippen LogP) is -0.714. The van der Waals surface area contributed by atoms with Crippen molar-refractivity contribution in [3.63, 3.8) is 0 Å². The molecule has 15 heavy (non-hydrogen) atoms. The Hall–Kier alpha value is -1.82. The third-order valence-corrected chi connectivity index (χ3v) is 2.52. The van der Waals surface area contributed by atoms with Crippen molar-refractivity contribution in [2.75, 3.05) is 0 Å². The zero-order valence-electron chi connectivity index (χ0n) is 8.04. The van der Waals surface area contributed by atoms with E-state index in [1.54, 1.807) is 19.3 Å². The Bertz CT molecular complexity index is 598. The number of aliphatic hydroxyl groups excluding tert-OH is 1. The Kier molecular flexibility index (Phi) is 1.47. The summed E-state index contributed by atoms with van der Waals surface area (Å²) in [5.74, 6) is 0.353. The van der Waals surface area contributed by atoms with E-state index in [1.807, 2.05) is 0 Å². The van der Waals surface area contributed by atoms with Crippen LogP contribution in [0.5, 0.6) is 5.88 Å². The van der Waals surface area contributed by atoms with Gasteiger partial charge < -0.3 is 14.4 Å². The number of nitrogens with zero attached hydrogens (tertiary/aromatic N) is 3. The van der Waals surface area contributed by atoms with Gasteiger partial charge >= 0.3 is 5.69 Å². The van der Waals surface area contributed by atoms with Crippen molar-refractivity contribution in [1.82, 2.24) is 14.0 Å². The van der Waals surface area contributed by atoms with Crippen LogP contribution >= 0.6 is 0 Å². The molecular weight excluding hydrogens is 198 g/mol. The van der Waals surface area contributed by atoms with Gasteiger partial charge in [-0.25, -0.2) is 9.20 Å². The topological polar surface area (TPSA) is 68.8 Å². The zero-order chi connectivity index (χ0) is 10.6. The summed E-state index contributed by atoms with van der Waals surface area (Å²) in [7, 11) is 1.67. The summed E-state index contributed by atoms with van der Waals surface area (Å²) in [5.41, 5.74) is 1.01. The molecule has 0 amide bonds. The molecule has 0 radical (unpaired) electrons. The molecule has 6 heteroatoms. The molecule has 2 aromatic heterocycles. The number of ether oxygens (including phenoxy) is 1. The minimum Gasteiger partial charge on any atom is -0.446 e. The Balaban J connectivity index is 2.41. The van der Waals surface area contributed by atoms with E-state index in [0.29, 0.717) is 23.6 Å². The molecule has 6 nitrogen and oxygen atoms in total. The molecule has 1 aliphatic rings. The molecule has 0 bridgehead atoms. The van der Waals surface area contributed by atoms with E-state index in [1.165, 1.54) is 8.97 Å². The van der Waals surface area contributed by atoms with E-state index in [-0.39, 0.29) is 5.69 Å². The summed E-state index contributed by atoms with van der Waals surface area (Å²) in [6, 6.07) is 1.73. The fraction of sp³-hybridized carbons (Fsp3) is 0.333. The molecule has 0 aliphatic carbocycles. The number of fused-ring (bicyclic) bond motifs is 3. The van der Waals surface area contributed by atoms with Gasteiger partial charge in [0.1, 0.15) is 5.65 Å². The van der Waals surface area contributed by atoms with Crippen LogP contribution in [-0.4, -0.2) is 25.3 Å². The second-order valence-corrected chi connectivity index (χ2v) is 3.54. The van der Waals surface area contributed by atoms with Crippen LogP contribution in [-0.2, 0) is 13.5 Å². The van der Waals surface area contributed by atoms with Crippen LogP contribution in [0, 0.1) is 0 Å². The second-order valence-electron chi connectivity index (χ2n) is 3.54. The van der Waals surface area contributed by atoms with E-state index in [9.17, 15) is 9.90 Å². The highest BCUT2D eigenvalue weighted by atomic mass is 16.6. The average molecular weight is 207 g/mol. The van der Waals surface area contributed by atoms with Crippen molar-refractivity contribution in [2.24, 2.45) is 7.05 Å². The first-order valence-corrected chi connectivity index (χ1v) is 4.58. The number of hydrogen-bond donors (Lipinski definition) is 1. The highest BCUT2D eigenvalue weighted by molar-refractivity contribution is 5.46. The van der Waals surface area contributed by atoms with Crippen molar-refractivity contribution in [3.8, 4) is 5.88 Å². The van der Waals surface area contributed by atoms with E-state index in [0.717, 1.165) is 0 Å². The van der Waals surface area contributed by atoms with Crippen LogP contribution in [0.3, 0.4) is 0 Å².